The van der Waals surface area contributed by atoms with Gasteiger partial charge in [0, 0.05) is 30.8 Å². The fourth-order valence-electron chi connectivity index (χ4n) is 4.48. The molecule has 7 heteroatoms. The summed E-state index contributed by atoms with van der Waals surface area (Å²) in [5.74, 6) is 6.05. The number of aliphatic hydroxyl groups is 1. The molecule has 4 rings (SSSR count). The summed E-state index contributed by atoms with van der Waals surface area (Å²) >= 11 is 0. The summed E-state index contributed by atoms with van der Waals surface area (Å²) in [6.07, 6.45) is 0.334. The summed E-state index contributed by atoms with van der Waals surface area (Å²) in [6, 6.07) is 24.6. The molecule has 40 heavy (non-hydrogen) atoms. The van der Waals surface area contributed by atoms with Crippen LogP contribution in [0.5, 0.6) is 5.75 Å². The first-order valence-corrected chi connectivity index (χ1v) is 13.4. The quantitative estimate of drug-likeness (QED) is 0.438. The van der Waals surface area contributed by atoms with Gasteiger partial charge in [-0.05, 0) is 61.7 Å². The van der Waals surface area contributed by atoms with Gasteiger partial charge in [-0.1, -0.05) is 60.4 Å². The highest BCUT2D eigenvalue weighted by Gasteiger charge is 2.31. The van der Waals surface area contributed by atoms with E-state index in [0.717, 1.165) is 16.9 Å². The molecule has 1 saturated heterocycles. The molecule has 208 valence electrons. The van der Waals surface area contributed by atoms with Gasteiger partial charge < -0.3 is 24.4 Å². The smallest absolute Gasteiger partial charge is 0.254 e. The number of rotatable bonds is 8. The van der Waals surface area contributed by atoms with Crippen molar-refractivity contribution in [1.82, 2.24) is 9.80 Å². The number of nitrogens with zero attached hydrogens (tertiary/aromatic N) is 2. The van der Waals surface area contributed by atoms with Crippen molar-refractivity contribution in [3.05, 3.63) is 101 Å². The monoisotopic (exact) mass is 540 g/mol. The van der Waals surface area contributed by atoms with Gasteiger partial charge in [0.15, 0.2) is 0 Å². The molecular formula is C33H36N2O5. The van der Waals surface area contributed by atoms with Gasteiger partial charge >= 0.3 is 0 Å². The lowest BCUT2D eigenvalue weighted by Gasteiger charge is -2.25. The minimum Gasteiger partial charge on any atom is -0.497 e. The fourth-order valence-corrected chi connectivity index (χ4v) is 4.48. The standard InChI is InChI=1S/C33H36N2O5/c1-33(2,38)17-15-26-11-7-13-28(19-26)32(37)35-22-30(40-24-27-12-8-14-29(20-27)39-3)21-34(31(36)23-35)18-16-25-9-5-4-6-10-25/h4-14,19-20,30,38H,16,18,21-24H2,1-3H3. The van der Waals surface area contributed by atoms with Crippen LogP contribution in [-0.2, 0) is 22.6 Å². The van der Waals surface area contributed by atoms with Crippen LogP contribution in [0.1, 0.15) is 40.9 Å². The summed E-state index contributed by atoms with van der Waals surface area (Å²) in [5, 5.41) is 9.94. The highest BCUT2D eigenvalue weighted by atomic mass is 16.5. The van der Waals surface area contributed by atoms with Crippen molar-refractivity contribution >= 4 is 11.8 Å². The van der Waals surface area contributed by atoms with Crippen molar-refractivity contribution in [1.29, 1.82) is 0 Å². The van der Waals surface area contributed by atoms with E-state index in [0.29, 0.717) is 37.2 Å². The first-order valence-electron chi connectivity index (χ1n) is 13.4. The van der Waals surface area contributed by atoms with Crippen molar-refractivity contribution in [3.8, 4) is 17.6 Å². The lowest BCUT2D eigenvalue weighted by atomic mass is 10.1. The Labute approximate surface area is 236 Å². The summed E-state index contributed by atoms with van der Waals surface area (Å²) in [7, 11) is 1.62. The molecule has 1 unspecified atom stereocenters. The minimum absolute atomic E-state index is 0.0355. The lowest BCUT2D eigenvalue weighted by molar-refractivity contribution is -0.131. The minimum atomic E-state index is -1.15. The number of carbonyl (C=O) groups excluding carboxylic acids is 2. The summed E-state index contributed by atoms with van der Waals surface area (Å²) in [6.45, 7) is 4.69. The fraction of sp³-hybridized carbons (Fsp3) is 0.333. The second-order valence-corrected chi connectivity index (χ2v) is 10.4. The predicted molar refractivity (Wildman–Crippen MR) is 154 cm³/mol. The second kappa shape index (κ2) is 13.3. The van der Waals surface area contributed by atoms with Crippen LogP contribution in [0.2, 0.25) is 0 Å². The molecule has 1 fully saturated rings. The highest BCUT2D eigenvalue weighted by molar-refractivity contribution is 5.97. The number of methoxy groups -OCH3 is 1. The maximum Gasteiger partial charge on any atom is 0.254 e. The zero-order valence-corrected chi connectivity index (χ0v) is 23.3. The number of benzene rings is 3. The Morgan fingerprint density at radius 3 is 2.50 bits per heavy atom. The second-order valence-electron chi connectivity index (χ2n) is 10.4. The molecule has 0 spiro atoms. The van der Waals surface area contributed by atoms with E-state index in [4.69, 9.17) is 9.47 Å². The molecule has 0 aromatic heterocycles. The summed E-state index contributed by atoms with van der Waals surface area (Å²) < 4.78 is 11.6. The Hall–Kier alpha value is -4.12. The van der Waals surface area contributed by atoms with E-state index in [2.05, 4.69) is 11.8 Å². The van der Waals surface area contributed by atoms with Crippen molar-refractivity contribution in [3.63, 3.8) is 0 Å². The predicted octanol–water partition coefficient (Wildman–Crippen LogP) is 3.93. The van der Waals surface area contributed by atoms with E-state index in [1.165, 1.54) is 0 Å². The van der Waals surface area contributed by atoms with E-state index < -0.39 is 5.60 Å². The number of amides is 2. The van der Waals surface area contributed by atoms with Gasteiger partial charge in [0.2, 0.25) is 5.91 Å². The number of carbonyl (C=O) groups is 2. The van der Waals surface area contributed by atoms with E-state index in [1.54, 1.807) is 55.0 Å². The van der Waals surface area contributed by atoms with E-state index in [-0.39, 0.29) is 31.0 Å². The topological polar surface area (TPSA) is 79.3 Å². The first-order chi connectivity index (χ1) is 19.2. The van der Waals surface area contributed by atoms with Crippen molar-refractivity contribution in [2.24, 2.45) is 0 Å². The van der Waals surface area contributed by atoms with Crippen molar-refractivity contribution in [2.45, 2.75) is 38.6 Å². The van der Waals surface area contributed by atoms with Gasteiger partial charge in [0.1, 0.15) is 17.9 Å². The molecule has 1 N–H and O–H groups in total. The molecule has 1 atom stereocenters. The Bertz CT molecular complexity index is 1370. The van der Waals surface area contributed by atoms with Crippen LogP contribution < -0.4 is 4.74 Å². The SMILES string of the molecule is COc1cccc(COC2CN(CCc3ccccc3)C(=O)CN(C(=O)c3cccc(C#CC(C)(C)O)c3)C2)c1. The zero-order valence-electron chi connectivity index (χ0n) is 23.3. The molecule has 1 aliphatic heterocycles. The van der Waals surface area contributed by atoms with Crippen LogP contribution in [0.3, 0.4) is 0 Å². The molecular weight excluding hydrogens is 504 g/mol. The van der Waals surface area contributed by atoms with Gasteiger partial charge in [-0.3, -0.25) is 9.59 Å². The average molecular weight is 541 g/mol. The summed E-state index contributed by atoms with van der Waals surface area (Å²) in [5.41, 5.74) is 1.99. The van der Waals surface area contributed by atoms with Crippen LogP contribution in [0.4, 0.5) is 0 Å². The Balaban J connectivity index is 1.53. The maximum atomic E-state index is 13.6. The third-order valence-corrected chi connectivity index (χ3v) is 6.57. The molecule has 0 radical (unpaired) electrons. The average Bonchev–Trinajstić information content (AvgIpc) is 3.12. The van der Waals surface area contributed by atoms with Crippen LogP contribution in [0.15, 0.2) is 78.9 Å². The van der Waals surface area contributed by atoms with E-state index in [1.807, 2.05) is 54.6 Å². The van der Waals surface area contributed by atoms with Gasteiger partial charge in [0.25, 0.3) is 5.91 Å². The molecule has 1 heterocycles. The highest BCUT2D eigenvalue weighted by Crippen LogP contribution is 2.18. The molecule has 2 amide bonds. The molecule has 3 aromatic carbocycles. The Morgan fingerprint density at radius 1 is 1.00 bits per heavy atom. The Morgan fingerprint density at radius 2 is 1.75 bits per heavy atom. The lowest BCUT2D eigenvalue weighted by Crippen LogP contribution is -2.40. The molecule has 0 bridgehead atoms. The van der Waals surface area contributed by atoms with Gasteiger partial charge in [-0.15, -0.1) is 0 Å². The third-order valence-electron chi connectivity index (χ3n) is 6.57. The van der Waals surface area contributed by atoms with Gasteiger partial charge in [-0.2, -0.15) is 0 Å². The normalized spacial score (nSPS) is 15.7. The molecule has 1 aliphatic rings. The maximum absolute atomic E-state index is 13.6. The summed E-state index contributed by atoms with van der Waals surface area (Å²) in [4.78, 5) is 30.4. The largest absolute Gasteiger partial charge is 0.497 e. The molecule has 0 aliphatic carbocycles. The van der Waals surface area contributed by atoms with E-state index in [9.17, 15) is 14.7 Å². The van der Waals surface area contributed by atoms with Gasteiger partial charge in [-0.25, -0.2) is 0 Å². The number of hydrogen-bond donors (Lipinski definition) is 1. The van der Waals surface area contributed by atoms with Crippen LogP contribution in [0, 0.1) is 11.8 Å². The number of ether oxygens (including phenoxy) is 2. The molecule has 0 saturated carbocycles. The van der Waals surface area contributed by atoms with Crippen LogP contribution >= 0.6 is 0 Å². The first kappa shape index (κ1) is 28.9. The molecule has 7 nitrogen and oxygen atoms in total. The molecule has 3 aromatic rings. The number of hydrogen-bond acceptors (Lipinski definition) is 5. The van der Waals surface area contributed by atoms with Gasteiger partial charge in [0.05, 0.1) is 19.8 Å². The van der Waals surface area contributed by atoms with Crippen LogP contribution in [0.25, 0.3) is 0 Å². The third kappa shape index (κ3) is 8.44. The van der Waals surface area contributed by atoms with Crippen LogP contribution in [-0.4, -0.2) is 71.7 Å². The van der Waals surface area contributed by atoms with Crippen molar-refractivity contribution < 1.29 is 24.2 Å². The zero-order chi connectivity index (χ0) is 28.5. The van der Waals surface area contributed by atoms with E-state index >= 15 is 0 Å². The van der Waals surface area contributed by atoms with Crippen molar-refractivity contribution in [2.75, 3.05) is 33.3 Å². The Kier molecular flexibility index (Phi) is 9.60.